The minimum atomic E-state index is 0.455. The van der Waals surface area contributed by atoms with E-state index in [-0.39, 0.29) is 0 Å². The second kappa shape index (κ2) is 6.24. The molecule has 0 bridgehead atoms. The molecule has 112 valence electrons. The zero-order valence-corrected chi connectivity index (χ0v) is 13.2. The predicted molar refractivity (Wildman–Crippen MR) is 88.8 cm³/mol. The fourth-order valence-corrected chi connectivity index (χ4v) is 2.55. The van der Waals surface area contributed by atoms with Gasteiger partial charge in [0.05, 0.1) is 12.6 Å². The van der Waals surface area contributed by atoms with Crippen molar-refractivity contribution in [2.24, 2.45) is 0 Å². The lowest BCUT2D eigenvalue weighted by atomic mass is 10.1. The summed E-state index contributed by atoms with van der Waals surface area (Å²) in [5.41, 5.74) is 2.83. The number of halogens is 1. The summed E-state index contributed by atoms with van der Waals surface area (Å²) in [4.78, 5) is 4.52. The molecule has 3 rings (SSSR count). The quantitative estimate of drug-likeness (QED) is 0.694. The average Bonchev–Trinajstić information content (AvgIpc) is 2.52. The van der Waals surface area contributed by atoms with Gasteiger partial charge in [0.25, 0.3) is 0 Å². The smallest absolute Gasteiger partial charge is 0.131 e. The standard InChI is InChI=1S/C18H16ClNO2/c1-12-8-18(22-11-13-4-3-5-14(19)9-13)16-10-15(21-2)6-7-17(16)20-12/h3-10H,11H2,1-2H3. The molecule has 2 aromatic carbocycles. The zero-order valence-electron chi connectivity index (χ0n) is 12.5. The first-order valence-corrected chi connectivity index (χ1v) is 7.36. The molecule has 0 aliphatic heterocycles. The number of hydrogen-bond donors (Lipinski definition) is 0. The molecule has 3 nitrogen and oxygen atoms in total. The summed E-state index contributed by atoms with van der Waals surface area (Å²) in [5, 5.41) is 1.64. The van der Waals surface area contributed by atoms with Crippen molar-refractivity contribution in [1.82, 2.24) is 4.98 Å². The molecular formula is C18H16ClNO2. The molecule has 0 aliphatic rings. The molecular weight excluding hydrogens is 298 g/mol. The Morgan fingerprint density at radius 2 is 1.95 bits per heavy atom. The van der Waals surface area contributed by atoms with Gasteiger partial charge < -0.3 is 9.47 Å². The minimum absolute atomic E-state index is 0.455. The van der Waals surface area contributed by atoms with E-state index >= 15 is 0 Å². The van der Waals surface area contributed by atoms with Gasteiger partial charge in [-0.1, -0.05) is 23.7 Å². The van der Waals surface area contributed by atoms with E-state index in [1.165, 1.54) is 0 Å². The fourth-order valence-electron chi connectivity index (χ4n) is 2.33. The molecule has 4 heteroatoms. The summed E-state index contributed by atoms with van der Waals surface area (Å²) >= 11 is 6.00. The molecule has 1 heterocycles. The molecule has 0 N–H and O–H groups in total. The number of aromatic nitrogens is 1. The van der Waals surface area contributed by atoms with Crippen LogP contribution in [0.4, 0.5) is 0 Å². The first-order chi connectivity index (χ1) is 10.7. The molecule has 0 unspecified atom stereocenters. The maximum atomic E-state index is 6.00. The number of rotatable bonds is 4. The number of pyridine rings is 1. The fraction of sp³-hybridized carbons (Fsp3) is 0.167. The van der Waals surface area contributed by atoms with E-state index in [0.717, 1.165) is 33.7 Å². The Bertz CT molecular complexity index is 817. The lowest BCUT2D eigenvalue weighted by Gasteiger charge is -2.11. The van der Waals surface area contributed by atoms with Gasteiger partial charge in [-0.3, -0.25) is 4.98 Å². The topological polar surface area (TPSA) is 31.4 Å². The van der Waals surface area contributed by atoms with Crippen molar-refractivity contribution in [3.63, 3.8) is 0 Å². The molecule has 0 saturated heterocycles. The highest BCUT2D eigenvalue weighted by atomic mass is 35.5. The summed E-state index contributed by atoms with van der Waals surface area (Å²) in [7, 11) is 1.65. The Labute approximate surface area is 134 Å². The maximum absolute atomic E-state index is 6.00. The van der Waals surface area contributed by atoms with Gasteiger partial charge in [0, 0.05) is 22.2 Å². The SMILES string of the molecule is COc1ccc2nc(C)cc(OCc3cccc(Cl)c3)c2c1. The average molecular weight is 314 g/mol. The minimum Gasteiger partial charge on any atom is -0.497 e. The number of ether oxygens (including phenoxy) is 2. The summed E-state index contributed by atoms with van der Waals surface area (Å²) in [6.45, 7) is 2.41. The third kappa shape index (κ3) is 3.15. The summed E-state index contributed by atoms with van der Waals surface area (Å²) in [6, 6.07) is 15.4. The van der Waals surface area contributed by atoms with E-state index in [1.807, 2.05) is 55.5 Å². The van der Waals surface area contributed by atoms with Crippen LogP contribution in [0.2, 0.25) is 5.02 Å². The van der Waals surface area contributed by atoms with Crippen LogP contribution in [0.5, 0.6) is 11.5 Å². The molecule has 1 aromatic heterocycles. The first-order valence-electron chi connectivity index (χ1n) is 6.98. The van der Waals surface area contributed by atoms with E-state index in [0.29, 0.717) is 11.6 Å². The lowest BCUT2D eigenvalue weighted by Crippen LogP contribution is -1.98. The van der Waals surface area contributed by atoms with Crippen molar-refractivity contribution >= 4 is 22.5 Å². The Hall–Kier alpha value is -2.26. The number of hydrogen-bond acceptors (Lipinski definition) is 3. The molecule has 0 aliphatic carbocycles. The van der Waals surface area contributed by atoms with Crippen molar-refractivity contribution in [2.75, 3.05) is 7.11 Å². The number of benzene rings is 2. The van der Waals surface area contributed by atoms with E-state index in [9.17, 15) is 0 Å². The van der Waals surface area contributed by atoms with Crippen LogP contribution in [0.1, 0.15) is 11.3 Å². The van der Waals surface area contributed by atoms with Gasteiger partial charge in [-0.15, -0.1) is 0 Å². The second-order valence-electron chi connectivity index (χ2n) is 5.06. The highest BCUT2D eigenvalue weighted by Crippen LogP contribution is 2.29. The van der Waals surface area contributed by atoms with Crippen LogP contribution < -0.4 is 9.47 Å². The van der Waals surface area contributed by atoms with Gasteiger partial charge in [0.1, 0.15) is 18.1 Å². The van der Waals surface area contributed by atoms with Crippen LogP contribution in [-0.2, 0) is 6.61 Å². The summed E-state index contributed by atoms with van der Waals surface area (Å²) in [5.74, 6) is 1.58. The molecule has 3 aromatic rings. The molecule has 0 radical (unpaired) electrons. The number of aryl methyl sites for hydroxylation is 1. The number of nitrogens with zero attached hydrogens (tertiary/aromatic N) is 1. The highest BCUT2D eigenvalue weighted by Gasteiger charge is 2.07. The number of methoxy groups -OCH3 is 1. The van der Waals surface area contributed by atoms with Crippen molar-refractivity contribution in [3.05, 3.63) is 64.8 Å². The van der Waals surface area contributed by atoms with E-state index < -0.39 is 0 Å². The van der Waals surface area contributed by atoms with Gasteiger partial charge in [-0.25, -0.2) is 0 Å². The molecule has 0 spiro atoms. The van der Waals surface area contributed by atoms with Crippen LogP contribution in [0, 0.1) is 6.92 Å². The Balaban J connectivity index is 1.95. The van der Waals surface area contributed by atoms with Crippen LogP contribution in [0.3, 0.4) is 0 Å². The maximum Gasteiger partial charge on any atom is 0.131 e. The summed E-state index contributed by atoms with van der Waals surface area (Å²) in [6.07, 6.45) is 0. The molecule has 22 heavy (non-hydrogen) atoms. The first kappa shape index (κ1) is 14.7. The van der Waals surface area contributed by atoms with E-state index in [4.69, 9.17) is 21.1 Å². The molecule has 0 atom stereocenters. The second-order valence-corrected chi connectivity index (χ2v) is 5.50. The zero-order chi connectivity index (χ0) is 15.5. The van der Waals surface area contributed by atoms with E-state index in [1.54, 1.807) is 7.11 Å². The van der Waals surface area contributed by atoms with Gasteiger partial charge in [0.2, 0.25) is 0 Å². The third-order valence-corrected chi connectivity index (χ3v) is 3.62. The van der Waals surface area contributed by atoms with Gasteiger partial charge in [-0.05, 0) is 42.8 Å². The van der Waals surface area contributed by atoms with Crippen LogP contribution in [0.25, 0.3) is 10.9 Å². The van der Waals surface area contributed by atoms with Gasteiger partial charge in [0.15, 0.2) is 0 Å². The molecule has 0 fully saturated rings. The summed E-state index contributed by atoms with van der Waals surface area (Å²) < 4.78 is 11.3. The number of fused-ring (bicyclic) bond motifs is 1. The largest absolute Gasteiger partial charge is 0.497 e. The van der Waals surface area contributed by atoms with Crippen LogP contribution >= 0.6 is 11.6 Å². The lowest BCUT2D eigenvalue weighted by molar-refractivity contribution is 0.309. The van der Waals surface area contributed by atoms with Crippen LogP contribution in [0.15, 0.2) is 48.5 Å². The van der Waals surface area contributed by atoms with Crippen molar-refractivity contribution in [1.29, 1.82) is 0 Å². The van der Waals surface area contributed by atoms with Crippen LogP contribution in [-0.4, -0.2) is 12.1 Å². The van der Waals surface area contributed by atoms with Crippen molar-refractivity contribution in [3.8, 4) is 11.5 Å². The Morgan fingerprint density at radius 1 is 1.09 bits per heavy atom. The van der Waals surface area contributed by atoms with Crippen molar-refractivity contribution < 1.29 is 9.47 Å². The van der Waals surface area contributed by atoms with Crippen molar-refractivity contribution in [2.45, 2.75) is 13.5 Å². The van der Waals surface area contributed by atoms with E-state index in [2.05, 4.69) is 4.98 Å². The van der Waals surface area contributed by atoms with Gasteiger partial charge in [-0.2, -0.15) is 0 Å². The highest BCUT2D eigenvalue weighted by molar-refractivity contribution is 6.30. The normalized spacial score (nSPS) is 10.7. The predicted octanol–water partition coefficient (Wildman–Crippen LogP) is 4.78. The molecule has 0 amide bonds. The third-order valence-electron chi connectivity index (χ3n) is 3.39. The Morgan fingerprint density at radius 3 is 2.73 bits per heavy atom. The monoisotopic (exact) mass is 313 g/mol. The van der Waals surface area contributed by atoms with Gasteiger partial charge >= 0.3 is 0 Å². The molecule has 0 saturated carbocycles. The Kier molecular flexibility index (Phi) is 4.16.